The summed E-state index contributed by atoms with van der Waals surface area (Å²) >= 11 is 3.54. The molecule has 120 valence electrons. The lowest BCUT2D eigenvalue weighted by molar-refractivity contribution is -0.0971. The lowest BCUT2D eigenvalue weighted by Gasteiger charge is -2.44. The van der Waals surface area contributed by atoms with E-state index in [0.717, 1.165) is 32.8 Å². The van der Waals surface area contributed by atoms with Crippen molar-refractivity contribution in [1.29, 1.82) is 0 Å². The highest BCUT2D eigenvalue weighted by Crippen LogP contribution is 2.51. The fourth-order valence-electron chi connectivity index (χ4n) is 3.26. The Morgan fingerprint density at radius 3 is 2.70 bits per heavy atom. The molecule has 4 rings (SSSR count). The maximum atomic E-state index is 6.28. The van der Waals surface area contributed by atoms with Crippen molar-refractivity contribution in [1.82, 2.24) is 5.32 Å². The van der Waals surface area contributed by atoms with Gasteiger partial charge in [0.1, 0.15) is 29.1 Å². The molecule has 1 fully saturated rings. The van der Waals surface area contributed by atoms with Crippen molar-refractivity contribution in [3.63, 3.8) is 0 Å². The largest absolute Gasteiger partial charge is 0.497 e. The summed E-state index contributed by atoms with van der Waals surface area (Å²) < 4.78 is 18.7. The molecule has 2 heterocycles. The fourth-order valence-corrected chi connectivity index (χ4v) is 3.62. The third-order valence-corrected chi connectivity index (χ3v) is 4.78. The molecule has 1 unspecified atom stereocenters. The van der Waals surface area contributed by atoms with Crippen molar-refractivity contribution in [2.45, 2.75) is 11.8 Å². The lowest BCUT2D eigenvalue weighted by Crippen LogP contribution is -2.56. The molecule has 5 nitrogen and oxygen atoms in total. The molecule has 2 aromatic carbocycles. The van der Waals surface area contributed by atoms with Crippen molar-refractivity contribution in [3.8, 4) is 17.2 Å². The predicted molar refractivity (Wildman–Crippen MR) is 89.9 cm³/mol. The van der Waals surface area contributed by atoms with Crippen molar-refractivity contribution in [2.24, 2.45) is 5.73 Å². The van der Waals surface area contributed by atoms with Crippen molar-refractivity contribution in [3.05, 3.63) is 52.0 Å². The quantitative estimate of drug-likeness (QED) is 0.800. The summed E-state index contributed by atoms with van der Waals surface area (Å²) in [5, 5.41) is 3.37. The minimum Gasteiger partial charge on any atom is -0.497 e. The van der Waals surface area contributed by atoms with Gasteiger partial charge in [0.25, 0.3) is 0 Å². The molecule has 2 aliphatic rings. The highest BCUT2D eigenvalue weighted by atomic mass is 79.9. The Balaban J connectivity index is 1.97. The van der Waals surface area contributed by atoms with Crippen molar-refractivity contribution >= 4 is 15.9 Å². The number of ether oxygens (including phenoxy) is 3. The molecule has 2 atom stereocenters. The summed E-state index contributed by atoms with van der Waals surface area (Å²) in [5.74, 6) is 2.30. The maximum Gasteiger partial charge on any atom is 0.140 e. The number of benzene rings is 2. The minimum atomic E-state index is -0.696. The number of halogens is 1. The van der Waals surface area contributed by atoms with E-state index in [4.69, 9.17) is 19.9 Å². The van der Waals surface area contributed by atoms with Crippen molar-refractivity contribution < 1.29 is 14.2 Å². The lowest BCUT2D eigenvalue weighted by atomic mass is 9.82. The van der Waals surface area contributed by atoms with Crippen LogP contribution in [0.1, 0.15) is 11.1 Å². The summed E-state index contributed by atoms with van der Waals surface area (Å²) in [6, 6.07) is 11.7. The number of hydrogen-bond acceptors (Lipinski definition) is 5. The Kier molecular flexibility index (Phi) is 3.57. The van der Waals surface area contributed by atoms with Crippen LogP contribution in [0.15, 0.2) is 40.9 Å². The van der Waals surface area contributed by atoms with Gasteiger partial charge in [-0.1, -0.05) is 15.9 Å². The van der Waals surface area contributed by atoms with E-state index < -0.39 is 11.8 Å². The number of fused-ring (bicyclic) bond motifs is 4. The van der Waals surface area contributed by atoms with Crippen LogP contribution in [0.25, 0.3) is 0 Å². The monoisotopic (exact) mass is 376 g/mol. The van der Waals surface area contributed by atoms with E-state index in [1.807, 2.05) is 36.4 Å². The number of hydrogen-bond donors (Lipinski definition) is 2. The van der Waals surface area contributed by atoms with Crippen LogP contribution in [0.4, 0.5) is 0 Å². The van der Waals surface area contributed by atoms with Gasteiger partial charge in [0, 0.05) is 28.7 Å². The van der Waals surface area contributed by atoms with Crippen molar-refractivity contribution in [2.75, 3.05) is 20.2 Å². The molecule has 0 bridgehead atoms. The number of nitrogens with one attached hydrogen (secondary N) is 1. The topological polar surface area (TPSA) is 65.7 Å². The fraction of sp³-hybridized carbons (Fsp3) is 0.294. The van der Waals surface area contributed by atoms with Gasteiger partial charge in [0.15, 0.2) is 0 Å². The molecule has 0 saturated carbocycles. The zero-order valence-electron chi connectivity index (χ0n) is 12.6. The van der Waals surface area contributed by atoms with Gasteiger partial charge < -0.3 is 25.3 Å². The first-order chi connectivity index (χ1) is 11.1. The highest BCUT2D eigenvalue weighted by Gasteiger charge is 2.46. The summed E-state index contributed by atoms with van der Waals surface area (Å²) in [5.41, 5.74) is 7.27. The van der Waals surface area contributed by atoms with Gasteiger partial charge in [-0.25, -0.2) is 0 Å². The Bertz CT molecular complexity index is 767. The van der Waals surface area contributed by atoms with Gasteiger partial charge in [0.2, 0.25) is 0 Å². The molecule has 0 radical (unpaired) electrons. The summed E-state index contributed by atoms with van der Waals surface area (Å²) in [7, 11) is 1.65. The number of morpholine rings is 1. The van der Waals surface area contributed by atoms with Crippen LogP contribution in [0.5, 0.6) is 17.2 Å². The molecule has 2 aliphatic heterocycles. The van der Waals surface area contributed by atoms with E-state index in [0.29, 0.717) is 13.1 Å². The van der Waals surface area contributed by atoms with Crippen LogP contribution in [0.3, 0.4) is 0 Å². The second-order valence-corrected chi connectivity index (χ2v) is 6.63. The van der Waals surface area contributed by atoms with E-state index >= 15 is 0 Å². The Morgan fingerprint density at radius 2 is 1.96 bits per heavy atom. The second kappa shape index (κ2) is 5.49. The molecule has 6 heteroatoms. The van der Waals surface area contributed by atoms with Gasteiger partial charge in [-0.15, -0.1) is 0 Å². The second-order valence-electron chi connectivity index (χ2n) is 5.72. The normalized spacial score (nSPS) is 25.4. The maximum absolute atomic E-state index is 6.28. The average Bonchev–Trinajstić information content (AvgIpc) is 2.56. The summed E-state index contributed by atoms with van der Waals surface area (Å²) in [4.78, 5) is 0. The zero-order chi connectivity index (χ0) is 16.0. The summed E-state index contributed by atoms with van der Waals surface area (Å²) in [6.07, 6.45) is -0.396. The van der Waals surface area contributed by atoms with E-state index in [-0.39, 0.29) is 0 Å². The molecular weight excluding hydrogens is 360 g/mol. The average molecular weight is 377 g/mol. The standard InChI is InChI=1S/C17H17BrN2O3/c1-21-11-3-5-15-13(7-11)17(9-20-8-16(19)23-17)12-6-10(18)2-4-14(12)22-15/h2-7,16,20H,8-9,19H2,1H3/t16-,17?/m0/s1. The molecule has 1 spiro atoms. The van der Waals surface area contributed by atoms with Crippen LogP contribution in [0, 0.1) is 0 Å². The van der Waals surface area contributed by atoms with Gasteiger partial charge in [-0.3, -0.25) is 0 Å². The number of rotatable bonds is 1. The first kappa shape index (κ1) is 15.0. The molecule has 23 heavy (non-hydrogen) atoms. The third kappa shape index (κ3) is 2.33. The molecule has 1 saturated heterocycles. The third-order valence-electron chi connectivity index (χ3n) is 4.29. The zero-order valence-corrected chi connectivity index (χ0v) is 14.2. The minimum absolute atomic E-state index is 0.396. The first-order valence-corrected chi connectivity index (χ1v) is 8.22. The van der Waals surface area contributed by atoms with E-state index in [1.165, 1.54) is 0 Å². The van der Waals surface area contributed by atoms with E-state index in [9.17, 15) is 0 Å². The smallest absolute Gasteiger partial charge is 0.140 e. The van der Waals surface area contributed by atoms with E-state index in [2.05, 4.69) is 21.2 Å². The molecule has 0 aliphatic carbocycles. The van der Waals surface area contributed by atoms with Crippen LogP contribution < -0.4 is 20.5 Å². The molecule has 0 aromatic heterocycles. The van der Waals surface area contributed by atoms with Gasteiger partial charge >= 0.3 is 0 Å². The Hall–Kier alpha value is -1.60. The van der Waals surface area contributed by atoms with Crippen LogP contribution in [-0.4, -0.2) is 26.4 Å². The SMILES string of the molecule is COc1ccc2c(c1)C1(CNC[C@@H](N)O1)c1cc(Br)ccc1O2. The Morgan fingerprint density at radius 1 is 1.22 bits per heavy atom. The molecule has 3 N–H and O–H groups in total. The van der Waals surface area contributed by atoms with Gasteiger partial charge in [0.05, 0.1) is 7.11 Å². The Labute approximate surface area is 142 Å². The predicted octanol–water partition coefficient (Wildman–Crippen LogP) is 2.71. The van der Waals surface area contributed by atoms with Gasteiger partial charge in [-0.2, -0.15) is 0 Å². The molecular formula is C17H17BrN2O3. The first-order valence-electron chi connectivity index (χ1n) is 7.43. The molecule has 2 aromatic rings. The van der Waals surface area contributed by atoms with Gasteiger partial charge in [-0.05, 0) is 36.4 Å². The van der Waals surface area contributed by atoms with Crippen LogP contribution in [-0.2, 0) is 10.3 Å². The summed E-state index contributed by atoms with van der Waals surface area (Å²) in [6.45, 7) is 1.24. The van der Waals surface area contributed by atoms with Crippen LogP contribution >= 0.6 is 15.9 Å². The van der Waals surface area contributed by atoms with E-state index in [1.54, 1.807) is 7.11 Å². The number of methoxy groups -OCH3 is 1. The highest BCUT2D eigenvalue weighted by molar-refractivity contribution is 9.10. The van der Waals surface area contributed by atoms with Crippen LogP contribution in [0.2, 0.25) is 0 Å². The molecule has 0 amide bonds. The number of nitrogens with two attached hydrogens (primary N) is 1.